The van der Waals surface area contributed by atoms with Gasteiger partial charge in [0.25, 0.3) is 5.56 Å². The SMILES string of the molecule is Cc1nc(-c2ccc(N3CCC4CCCCC43)nc2)[nH]c(=O)c1C. The number of anilines is 1. The van der Waals surface area contributed by atoms with E-state index >= 15 is 0 Å². The molecule has 1 saturated heterocycles. The molecule has 1 aliphatic heterocycles. The number of aromatic amines is 1. The van der Waals surface area contributed by atoms with Gasteiger partial charge in [0, 0.05) is 35.6 Å². The highest BCUT2D eigenvalue weighted by atomic mass is 16.1. The number of aromatic nitrogens is 3. The Morgan fingerprint density at radius 3 is 2.75 bits per heavy atom. The van der Waals surface area contributed by atoms with Crippen LogP contribution in [-0.4, -0.2) is 27.5 Å². The molecule has 2 unspecified atom stereocenters. The molecule has 0 bridgehead atoms. The molecular formula is C19H24N4O. The molecular weight excluding hydrogens is 300 g/mol. The quantitative estimate of drug-likeness (QED) is 0.921. The van der Waals surface area contributed by atoms with Gasteiger partial charge in [0.1, 0.15) is 11.6 Å². The average Bonchev–Trinajstić information content (AvgIpc) is 3.03. The van der Waals surface area contributed by atoms with Crippen molar-refractivity contribution in [2.24, 2.45) is 5.92 Å². The summed E-state index contributed by atoms with van der Waals surface area (Å²) in [6, 6.07) is 4.75. The second-order valence-corrected chi connectivity index (χ2v) is 7.12. The molecule has 24 heavy (non-hydrogen) atoms. The molecule has 1 aliphatic carbocycles. The molecule has 2 atom stereocenters. The fourth-order valence-electron chi connectivity index (χ4n) is 4.17. The summed E-state index contributed by atoms with van der Waals surface area (Å²) in [6.07, 6.45) is 8.50. The molecule has 126 valence electrons. The van der Waals surface area contributed by atoms with Gasteiger partial charge in [-0.15, -0.1) is 0 Å². The largest absolute Gasteiger partial charge is 0.353 e. The van der Waals surface area contributed by atoms with Gasteiger partial charge in [-0.3, -0.25) is 4.79 Å². The van der Waals surface area contributed by atoms with Crippen LogP contribution in [0.25, 0.3) is 11.4 Å². The Kier molecular flexibility index (Phi) is 3.87. The highest BCUT2D eigenvalue weighted by Crippen LogP contribution is 2.38. The van der Waals surface area contributed by atoms with Crippen LogP contribution in [0.5, 0.6) is 0 Å². The van der Waals surface area contributed by atoms with Crippen molar-refractivity contribution in [2.45, 2.75) is 52.0 Å². The average molecular weight is 324 g/mol. The maximum Gasteiger partial charge on any atom is 0.254 e. The van der Waals surface area contributed by atoms with E-state index < -0.39 is 0 Å². The third-order valence-electron chi connectivity index (χ3n) is 5.72. The van der Waals surface area contributed by atoms with Crippen molar-refractivity contribution < 1.29 is 0 Å². The van der Waals surface area contributed by atoms with Crippen molar-refractivity contribution in [2.75, 3.05) is 11.4 Å². The summed E-state index contributed by atoms with van der Waals surface area (Å²) < 4.78 is 0. The molecule has 0 amide bonds. The van der Waals surface area contributed by atoms with Crippen molar-refractivity contribution in [1.82, 2.24) is 15.0 Å². The van der Waals surface area contributed by atoms with Crippen LogP contribution in [0.15, 0.2) is 23.1 Å². The number of nitrogens with one attached hydrogen (secondary N) is 1. The summed E-state index contributed by atoms with van der Waals surface area (Å²) in [6.45, 7) is 4.77. The van der Waals surface area contributed by atoms with Crippen molar-refractivity contribution >= 4 is 5.82 Å². The molecule has 3 heterocycles. The standard InChI is InChI=1S/C19H24N4O/c1-12-13(2)21-18(22-19(12)24)15-7-8-17(20-11-15)23-10-9-14-5-3-4-6-16(14)23/h7-8,11,14,16H,3-6,9-10H2,1-2H3,(H,21,22,24). The molecule has 2 aromatic rings. The lowest BCUT2D eigenvalue weighted by Gasteiger charge is -2.32. The fraction of sp³-hybridized carbons (Fsp3) is 0.526. The van der Waals surface area contributed by atoms with Crippen LogP contribution in [-0.2, 0) is 0 Å². The van der Waals surface area contributed by atoms with Gasteiger partial charge in [-0.2, -0.15) is 0 Å². The second-order valence-electron chi connectivity index (χ2n) is 7.12. The molecule has 0 aromatic carbocycles. The van der Waals surface area contributed by atoms with Crippen LogP contribution >= 0.6 is 0 Å². The summed E-state index contributed by atoms with van der Waals surface area (Å²) in [5.74, 6) is 2.50. The third-order valence-corrected chi connectivity index (χ3v) is 5.72. The zero-order chi connectivity index (χ0) is 16.7. The van der Waals surface area contributed by atoms with Crippen LogP contribution in [0.2, 0.25) is 0 Å². The van der Waals surface area contributed by atoms with E-state index in [-0.39, 0.29) is 5.56 Å². The van der Waals surface area contributed by atoms with Gasteiger partial charge >= 0.3 is 0 Å². The second kappa shape index (κ2) is 6.04. The van der Waals surface area contributed by atoms with Gasteiger partial charge in [0.05, 0.1) is 0 Å². The number of hydrogen-bond acceptors (Lipinski definition) is 4. The van der Waals surface area contributed by atoms with Gasteiger partial charge in [0.2, 0.25) is 0 Å². The number of aryl methyl sites for hydroxylation is 1. The first kappa shape index (κ1) is 15.4. The minimum Gasteiger partial charge on any atom is -0.353 e. The third kappa shape index (κ3) is 2.62. The normalized spacial score (nSPS) is 23.3. The monoisotopic (exact) mass is 324 g/mol. The van der Waals surface area contributed by atoms with Gasteiger partial charge in [-0.1, -0.05) is 12.8 Å². The van der Waals surface area contributed by atoms with Crippen LogP contribution in [0.1, 0.15) is 43.4 Å². The summed E-state index contributed by atoms with van der Waals surface area (Å²) >= 11 is 0. The fourth-order valence-corrected chi connectivity index (χ4v) is 4.17. The first-order chi connectivity index (χ1) is 11.6. The lowest BCUT2D eigenvalue weighted by Crippen LogP contribution is -2.35. The molecule has 2 aromatic heterocycles. The van der Waals surface area contributed by atoms with E-state index in [1.165, 1.54) is 32.1 Å². The zero-order valence-corrected chi connectivity index (χ0v) is 14.4. The van der Waals surface area contributed by atoms with E-state index in [9.17, 15) is 4.79 Å². The molecule has 1 saturated carbocycles. The Morgan fingerprint density at radius 1 is 1.17 bits per heavy atom. The topological polar surface area (TPSA) is 61.9 Å². The highest BCUT2D eigenvalue weighted by molar-refractivity contribution is 5.57. The van der Waals surface area contributed by atoms with Gasteiger partial charge in [0.15, 0.2) is 0 Å². The number of fused-ring (bicyclic) bond motifs is 1. The Balaban J connectivity index is 1.60. The lowest BCUT2D eigenvalue weighted by atomic mass is 9.85. The number of H-pyrrole nitrogens is 1. The van der Waals surface area contributed by atoms with Crippen molar-refractivity contribution in [3.05, 3.63) is 39.9 Å². The molecule has 0 radical (unpaired) electrons. The predicted octanol–water partition coefficient (Wildman–Crippen LogP) is 3.22. The number of rotatable bonds is 2. The Bertz CT molecular complexity index is 796. The minimum absolute atomic E-state index is 0.0776. The first-order valence-electron chi connectivity index (χ1n) is 8.94. The Labute approximate surface area is 142 Å². The van der Waals surface area contributed by atoms with Crippen LogP contribution in [0, 0.1) is 19.8 Å². The van der Waals surface area contributed by atoms with Crippen LogP contribution < -0.4 is 10.5 Å². The van der Waals surface area contributed by atoms with Gasteiger partial charge in [-0.25, -0.2) is 9.97 Å². The molecule has 2 aliphatic rings. The molecule has 4 rings (SSSR count). The van der Waals surface area contributed by atoms with E-state index in [0.29, 0.717) is 17.4 Å². The molecule has 1 N–H and O–H groups in total. The summed E-state index contributed by atoms with van der Waals surface area (Å²) in [4.78, 5) is 26.4. The highest BCUT2D eigenvalue weighted by Gasteiger charge is 2.36. The zero-order valence-electron chi connectivity index (χ0n) is 14.4. The van der Waals surface area contributed by atoms with Crippen molar-refractivity contribution in [3.8, 4) is 11.4 Å². The van der Waals surface area contributed by atoms with E-state index in [1.54, 1.807) is 6.92 Å². The van der Waals surface area contributed by atoms with E-state index in [1.807, 2.05) is 19.2 Å². The molecule has 5 nitrogen and oxygen atoms in total. The number of hydrogen-bond donors (Lipinski definition) is 1. The van der Waals surface area contributed by atoms with E-state index in [2.05, 4.69) is 25.9 Å². The van der Waals surface area contributed by atoms with E-state index in [0.717, 1.165) is 29.5 Å². The Morgan fingerprint density at radius 2 is 2.00 bits per heavy atom. The smallest absolute Gasteiger partial charge is 0.254 e. The van der Waals surface area contributed by atoms with Crippen molar-refractivity contribution in [3.63, 3.8) is 0 Å². The van der Waals surface area contributed by atoms with Crippen LogP contribution in [0.4, 0.5) is 5.82 Å². The summed E-state index contributed by atoms with van der Waals surface area (Å²) in [7, 11) is 0. The number of nitrogens with zero attached hydrogens (tertiary/aromatic N) is 3. The van der Waals surface area contributed by atoms with E-state index in [4.69, 9.17) is 0 Å². The first-order valence-corrected chi connectivity index (χ1v) is 8.94. The summed E-state index contributed by atoms with van der Waals surface area (Å²) in [5, 5.41) is 0. The molecule has 0 spiro atoms. The molecule has 5 heteroatoms. The minimum atomic E-state index is -0.0776. The maximum atomic E-state index is 11.9. The maximum absolute atomic E-state index is 11.9. The number of pyridine rings is 1. The van der Waals surface area contributed by atoms with Gasteiger partial charge < -0.3 is 9.88 Å². The molecule has 2 fully saturated rings. The van der Waals surface area contributed by atoms with Crippen LogP contribution in [0.3, 0.4) is 0 Å². The lowest BCUT2D eigenvalue weighted by molar-refractivity contribution is 0.341. The Hall–Kier alpha value is -2.17. The summed E-state index contributed by atoms with van der Waals surface area (Å²) in [5.41, 5.74) is 2.22. The van der Waals surface area contributed by atoms with Crippen molar-refractivity contribution in [1.29, 1.82) is 0 Å². The van der Waals surface area contributed by atoms with Gasteiger partial charge in [-0.05, 0) is 51.2 Å². The predicted molar refractivity (Wildman–Crippen MR) is 95.3 cm³/mol.